The lowest BCUT2D eigenvalue weighted by atomic mass is 10.1. The molecule has 1 aromatic carbocycles. The van der Waals surface area contributed by atoms with Crippen molar-refractivity contribution in [3.8, 4) is 0 Å². The van der Waals surface area contributed by atoms with Crippen LogP contribution in [0.4, 0.5) is 5.69 Å². The number of hydrogen-bond acceptors (Lipinski definition) is 5. The minimum Gasteiger partial charge on any atom is -0.469 e. The molecule has 0 bridgehead atoms. The highest BCUT2D eigenvalue weighted by Crippen LogP contribution is 2.25. The summed E-state index contributed by atoms with van der Waals surface area (Å²) < 4.78 is 4.74. The van der Waals surface area contributed by atoms with Crippen LogP contribution in [-0.4, -0.2) is 36.3 Å². The van der Waals surface area contributed by atoms with E-state index in [9.17, 15) is 4.79 Å². The van der Waals surface area contributed by atoms with Crippen LogP contribution < -0.4 is 0 Å². The molecule has 0 saturated carbocycles. The molecule has 4 nitrogen and oxygen atoms in total. The van der Waals surface area contributed by atoms with Crippen LogP contribution >= 0.6 is 11.8 Å². The van der Waals surface area contributed by atoms with Gasteiger partial charge in [-0.25, -0.2) is 4.99 Å². The molecule has 1 aromatic rings. The standard InChI is InChI=1S/C22H28N2O2S/c1-16(2)14-17(3)23-20-11-10-19(24-18-8-6-5-7-9-18)15-21(20)27-13-12-22(25)26-4/h5-11,15-17H,12-14H2,1-4H3. The van der Waals surface area contributed by atoms with Gasteiger partial charge < -0.3 is 4.74 Å². The maximum Gasteiger partial charge on any atom is 0.306 e. The Labute approximate surface area is 166 Å². The Hall–Kier alpha value is -2.14. The number of nitrogens with zero attached hydrogens (tertiary/aromatic N) is 2. The highest BCUT2D eigenvalue weighted by Gasteiger charge is 2.14. The number of hydrogen-bond donors (Lipinski definition) is 0. The van der Waals surface area contributed by atoms with Crippen molar-refractivity contribution in [2.75, 3.05) is 12.9 Å². The zero-order valence-electron chi connectivity index (χ0n) is 16.5. The number of ether oxygens (including phenoxy) is 1. The Balaban J connectivity index is 2.20. The predicted molar refractivity (Wildman–Crippen MR) is 116 cm³/mol. The Morgan fingerprint density at radius 1 is 1.15 bits per heavy atom. The predicted octanol–water partition coefficient (Wildman–Crippen LogP) is 5.38. The number of aliphatic imine (C=N–C) groups is 2. The molecule has 1 aliphatic carbocycles. The summed E-state index contributed by atoms with van der Waals surface area (Å²) in [4.78, 5) is 22.0. The van der Waals surface area contributed by atoms with Gasteiger partial charge in [0, 0.05) is 16.7 Å². The first-order valence-corrected chi connectivity index (χ1v) is 10.3. The highest BCUT2D eigenvalue weighted by atomic mass is 32.2. The number of thioether (sulfide) groups is 1. The molecular weight excluding hydrogens is 356 g/mol. The highest BCUT2D eigenvalue weighted by molar-refractivity contribution is 8.04. The van der Waals surface area contributed by atoms with Crippen LogP contribution in [0.5, 0.6) is 0 Å². The van der Waals surface area contributed by atoms with E-state index in [4.69, 9.17) is 9.73 Å². The molecule has 5 heteroatoms. The third-order valence-corrected chi connectivity index (χ3v) is 4.97. The number of rotatable bonds is 8. The van der Waals surface area contributed by atoms with Gasteiger partial charge in [-0.2, -0.15) is 0 Å². The number of esters is 1. The molecule has 1 unspecified atom stereocenters. The molecule has 0 heterocycles. The van der Waals surface area contributed by atoms with Crippen molar-refractivity contribution in [1.82, 2.24) is 0 Å². The van der Waals surface area contributed by atoms with E-state index in [2.05, 4.69) is 31.8 Å². The Morgan fingerprint density at radius 2 is 1.89 bits per heavy atom. The smallest absolute Gasteiger partial charge is 0.306 e. The number of carbonyl (C=O) groups excluding carboxylic acids is 1. The number of allylic oxidation sites excluding steroid dienone is 4. The maximum atomic E-state index is 11.4. The zero-order valence-corrected chi connectivity index (χ0v) is 17.3. The third kappa shape index (κ3) is 7.55. The lowest BCUT2D eigenvalue weighted by molar-refractivity contribution is -0.140. The second-order valence-corrected chi connectivity index (χ2v) is 8.02. The summed E-state index contributed by atoms with van der Waals surface area (Å²) in [5, 5.41) is 0. The van der Waals surface area contributed by atoms with E-state index in [1.165, 1.54) is 7.11 Å². The molecule has 1 atom stereocenters. The molecule has 144 valence electrons. The average Bonchev–Trinajstić information content (AvgIpc) is 2.63. The average molecular weight is 385 g/mol. The van der Waals surface area contributed by atoms with Gasteiger partial charge in [-0.15, -0.1) is 11.8 Å². The van der Waals surface area contributed by atoms with Gasteiger partial charge in [-0.3, -0.25) is 9.79 Å². The molecule has 0 fully saturated rings. The number of carbonyl (C=O) groups is 1. The van der Waals surface area contributed by atoms with Crippen LogP contribution in [0.15, 0.2) is 63.4 Å². The van der Waals surface area contributed by atoms with Crippen molar-refractivity contribution >= 4 is 34.8 Å². The van der Waals surface area contributed by atoms with Crippen molar-refractivity contribution in [3.63, 3.8) is 0 Å². The monoisotopic (exact) mass is 384 g/mol. The molecule has 2 rings (SSSR count). The van der Waals surface area contributed by atoms with Gasteiger partial charge in [0.1, 0.15) is 0 Å². The lowest BCUT2D eigenvalue weighted by Crippen LogP contribution is -2.12. The molecule has 0 saturated heterocycles. The van der Waals surface area contributed by atoms with Crippen LogP contribution in [0.3, 0.4) is 0 Å². The van der Waals surface area contributed by atoms with Crippen LogP contribution in [0.2, 0.25) is 0 Å². The van der Waals surface area contributed by atoms with E-state index in [1.54, 1.807) is 11.8 Å². The van der Waals surface area contributed by atoms with E-state index in [-0.39, 0.29) is 12.0 Å². The molecule has 0 spiro atoms. The van der Waals surface area contributed by atoms with Crippen LogP contribution in [0.25, 0.3) is 0 Å². The quantitative estimate of drug-likeness (QED) is 0.446. The third-order valence-electron chi connectivity index (χ3n) is 3.92. The minimum absolute atomic E-state index is 0.195. The lowest BCUT2D eigenvalue weighted by Gasteiger charge is -2.16. The topological polar surface area (TPSA) is 51.0 Å². The van der Waals surface area contributed by atoms with Gasteiger partial charge in [0.2, 0.25) is 0 Å². The van der Waals surface area contributed by atoms with Crippen molar-refractivity contribution in [3.05, 3.63) is 53.5 Å². The zero-order chi connectivity index (χ0) is 19.6. The summed E-state index contributed by atoms with van der Waals surface area (Å²) in [5.41, 5.74) is 2.77. The molecule has 0 aromatic heterocycles. The fraction of sp³-hybridized carbons (Fsp3) is 0.409. The van der Waals surface area contributed by atoms with Crippen LogP contribution in [-0.2, 0) is 9.53 Å². The molecule has 1 aliphatic rings. The largest absolute Gasteiger partial charge is 0.469 e. The van der Waals surface area contributed by atoms with E-state index >= 15 is 0 Å². The Kier molecular flexibility index (Phi) is 8.52. The summed E-state index contributed by atoms with van der Waals surface area (Å²) in [6.45, 7) is 6.56. The summed E-state index contributed by atoms with van der Waals surface area (Å²) in [6, 6.07) is 10.1. The normalized spacial score (nSPS) is 18.0. The number of para-hydroxylation sites is 1. The van der Waals surface area contributed by atoms with E-state index in [0.29, 0.717) is 18.1 Å². The van der Waals surface area contributed by atoms with Crippen molar-refractivity contribution in [2.45, 2.75) is 39.7 Å². The first kappa shape index (κ1) is 21.2. The van der Waals surface area contributed by atoms with E-state index in [0.717, 1.165) is 28.4 Å². The molecule has 0 aliphatic heterocycles. The van der Waals surface area contributed by atoms with Crippen molar-refractivity contribution < 1.29 is 9.53 Å². The summed E-state index contributed by atoms with van der Waals surface area (Å²) in [7, 11) is 1.42. The molecule has 0 amide bonds. The van der Waals surface area contributed by atoms with Crippen molar-refractivity contribution in [1.29, 1.82) is 0 Å². The van der Waals surface area contributed by atoms with Crippen LogP contribution in [0.1, 0.15) is 33.6 Å². The van der Waals surface area contributed by atoms with Gasteiger partial charge in [0.25, 0.3) is 0 Å². The molecule has 27 heavy (non-hydrogen) atoms. The molecule has 0 N–H and O–H groups in total. The van der Waals surface area contributed by atoms with Gasteiger partial charge in [-0.05, 0) is 49.6 Å². The van der Waals surface area contributed by atoms with Crippen LogP contribution in [0, 0.1) is 5.92 Å². The van der Waals surface area contributed by atoms with Gasteiger partial charge in [0.15, 0.2) is 0 Å². The number of benzene rings is 1. The first-order chi connectivity index (χ1) is 13.0. The Bertz CT molecular complexity index is 749. The SMILES string of the molecule is COC(=O)CCSC1=CC(=Nc2ccccc2)C=CC1=NC(C)CC(C)C. The van der Waals surface area contributed by atoms with E-state index < -0.39 is 0 Å². The second kappa shape index (κ2) is 10.9. The summed E-state index contributed by atoms with van der Waals surface area (Å²) >= 11 is 1.62. The van der Waals surface area contributed by atoms with Gasteiger partial charge in [0.05, 0.1) is 30.6 Å². The molecule has 0 radical (unpaired) electrons. The fourth-order valence-electron chi connectivity index (χ4n) is 2.76. The summed E-state index contributed by atoms with van der Waals surface area (Å²) in [5.74, 6) is 1.06. The minimum atomic E-state index is -0.195. The summed E-state index contributed by atoms with van der Waals surface area (Å²) in [6.07, 6.45) is 7.50. The van der Waals surface area contributed by atoms with E-state index in [1.807, 2.05) is 42.5 Å². The second-order valence-electron chi connectivity index (χ2n) is 6.88. The van der Waals surface area contributed by atoms with Gasteiger partial charge in [-0.1, -0.05) is 32.0 Å². The fourth-order valence-corrected chi connectivity index (χ4v) is 3.73. The molecular formula is C22H28N2O2S. The van der Waals surface area contributed by atoms with Crippen molar-refractivity contribution in [2.24, 2.45) is 15.9 Å². The number of methoxy groups -OCH3 is 1. The Morgan fingerprint density at radius 3 is 2.56 bits per heavy atom. The maximum absolute atomic E-state index is 11.4. The van der Waals surface area contributed by atoms with Gasteiger partial charge >= 0.3 is 5.97 Å². The first-order valence-electron chi connectivity index (χ1n) is 9.29.